The van der Waals surface area contributed by atoms with Crippen molar-refractivity contribution in [2.75, 3.05) is 6.61 Å². The van der Waals surface area contributed by atoms with Gasteiger partial charge in [0.1, 0.15) is 6.23 Å². The van der Waals surface area contributed by atoms with E-state index in [1.54, 1.807) is 0 Å². The zero-order valence-corrected chi connectivity index (χ0v) is 12.2. The Balaban J connectivity index is 1.80. The number of unbranched alkanes of at least 4 members (excludes halogenated alkanes) is 4. The number of hydrogen-bond donors (Lipinski definition) is 2. The summed E-state index contributed by atoms with van der Waals surface area (Å²) >= 11 is 3.71. The van der Waals surface area contributed by atoms with Gasteiger partial charge in [-0.3, -0.25) is 4.57 Å². The maximum absolute atomic E-state index is 10.6. The first-order chi connectivity index (χ1) is 8.18. The molecule has 17 heavy (non-hydrogen) atoms. The van der Waals surface area contributed by atoms with Crippen LogP contribution in [0.15, 0.2) is 0 Å². The normalized spacial score (nSPS) is 26.2. The fraction of sp³-hybridized carbons (Fsp3) is 1.00. The molecule has 3 atom stereocenters. The first kappa shape index (κ1) is 15.5. The second kappa shape index (κ2) is 9.40. The molecule has 0 spiro atoms. The molecule has 0 radical (unpaired) electrons. The number of thiol groups is 1. The lowest BCUT2D eigenvalue weighted by molar-refractivity contribution is 0.0429. The van der Waals surface area contributed by atoms with Crippen molar-refractivity contribution in [1.82, 2.24) is 0 Å². The molecule has 1 aliphatic rings. The molecular weight excluding hydrogens is 257 g/mol. The van der Waals surface area contributed by atoms with Crippen LogP contribution in [-0.4, -0.2) is 18.9 Å². The summed E-state index contributed by atoms with van der Waals surface area (Å²) in [4.78, 5) is 0. The minimum absolute atomic E-state index is 0.0264. The van der Waals surface area contributed by atoms with Crippen LogP contribution in [0.1, 0.15) is 51.4 Å². The Bertz CT molecular complexity index is 231. The van der Waals surface area contributed by atoms with Crippen molar-refractivity contribution in [2.24, 2.45) is 5.73 Å². The molecule has 0 bridgehead atoms. The fourth-order valence-corrected chi connectivity index (χ4v) is 2.70. The van der Waals surface area contributed by atoms with Crippen LogP contribution in [0.5, 0.6) is 0 Å². The Morgan fingerprint density at radius 2 is 1.94 bits per heavy atom. The summed E-state index contributed by atoms with van der Waals surface area (Å²) in [5, 5.41) is 0. The van der Waals surface area contributed by atoms with Crippen LogP contribution < -0.4 is 5.73 Å². The van der Waals surface area contributed by atoms with Gasteiger partial charge in [-0.15, -0.1) is 0 Å². The summed E-state index contributed by atoms with van der Waals surface area (Å²) in [7, 11) is -2.03. The molecule has 0 aliphatic carbocycles. The highest BCUT2D eigenvalue weighted by Gasteiger charge is 2.21. The van der Waals surface area contributed by atoms with Gasteiger partial charge < -0.3 is 15.0 Å². The summed E-state index contributed by atoms with van der Waals surface area (Å²) in [5.74, 6) is 0. The number of hydrogen-bond acceptors (Lipinski definition) is 4. The molecule has 1 unspecified atom stereocenters. The Hall–Kier alpha value is 0.460. The summed E-state index contributed by atoms with van der Waals surface area (Å²) < 4.78 is 21.0. The van der Waals surface area contributed by atoms with Crippen molar-refractivity contribution < 1.29 is 13.8 Å². The lowest BCUT2D eigenvalue weighted by atomic mass is 10.1. The molecule has 0 amide bonds. The van der Waals surface area contributed by atoms with E-state index in [2.05, 4.69) is 12.2 Å². The number of ether oxygens (including phenoxy) is 1. The standard InChI is InChI=1S/C11H24NO3PS/c12-11-8-7-10(15-11)6-4-2-1-3-5-9-14-16(13)17/h10-11,16H,1-9,12H2,(H,13,17)/t10-,11-/m1/s1. The quantitative estimate of drug-likeness (QED) is 0.387. The average molecular weight is 281 g/mol. The monoisotopic (exact) mass is 281 g/mol. The van der Waals surface area contributed by atoms with Gasteiger partial charge in [-0.2, -0.15) is 0 Å². The van der Waals surface area contributed by atoms with Gasteiger partial charge in [-0.25, -0.2) is 0 Å². The molecule has 1 fully saturated rings. The van der Waals surface area contributed by atoms with Gasteiger partial charge in [-0.1, -0.05) is 37.9 Å². The molecule has 6 heteroatoms. The van der Waals surface area contributed by atoms with E-state index in [0.29, 0.717) is 12.7 Å². The van der Waals surface area contributed by atoms with Crippen molar-refractivity contribution in [3.8, 4) is 0 Å². The van der Waals surface area contributed by atoms with Crippen molar-refractivity contribution in [2.45, 2.75) is 63.7 Å². The molecule has 1 saturated heterocycles. The maximum atomic E-state index is 10.6. The van der Waals surface area contributed by atoms with Gasteiger partial charge in [0.05, 0.1) is 12.7 Å². The molecule has 1 heterocycles. The maximum Gasteiger partial charge on any atom is 0.243 e. The Kier molecular flexibility index (Phi) is 8.58. The third-order valence-corrected chi connectivity index (χ3v) is 3.87. The van der Waals surface area contributed by atoms with E-state index in [0.717, 1.165) is 32.1 Å². The van der Waals surface area contributed by atoms with E-state index in [-0.39, 0.29) is 6.23 Å². The second-order valence-corrected chi connectivity index (χ2v) is 6.46. The molecule has 1 aliphatic heterocycles. The van der Waals surface area contributed by atoms with Gasteiger partial charge in [0.2, 0.25) is 7.23 Å². The summed E-state index contributed by atoms with van der Waals surface area (Å²) in [6, 6.07) is 0. The predicted molar refractivity (Wildman–Crippen MR) is 73.7 cm³/mol. The largest absolute Gasteiger partial charge is 0.360 e. The third-order valence-electron chi connectivity index (χ3n) is 3.04. The van der Waals surface area contributed by atoms with E-state index in [4.69, 9.17) is 15.0 Å². The van der Waals surface area contributed by atoms with Gasteiger partial charge in [0, 0.05) is 0 Å². The minimum Gasteiger partial charge on any atom is -0.360 e. The molecule has 0 aromatic rings. The van der Waals surface area contributed by atoms with Crippen molar-refractivity contribution >= 4 is 19.5 Å². The molecule has 2 N–H and O–H groups in total. The third kappa shape index (κ3) is 8.22. The first-order valence-corrected chi connectivity index (χ1v) is 9.06. The molecule has 0 aromatic carbocycles. The SMILES string of the molecule is N[C@H]1CC[C@@H](CCCCCCCO[PH](=O)S)O1. The number of nitrogens with two attached hydrogens (primary N) is 1. The smallest absolute Gasteiger partial charge is 0.243 e. The summed E-state index contributed by atoms with van der Waals surface area (Å²) in [6.45, 7) is 0.571. The van der Waals surface area contributed by atoms with Gasteiger partial charge in [0.25, 0.3) is 0 Å². The van der Waals surface area contributed by atoms with Crippen LogP contribution in [0.2, 0.25) is 0 Å². The highest BCUT2D eigenvalue weighted by molar-refractivity contribution is 8.39. The van der Waals surface area contributed by atoms with Crippen LogP contribution in [0, 0.1) is 0 Å². The van der Waals surface area contributed by atoms with Crippen molar-refractivity contribution in [3.05, 3.63) is 0 Å². The molecular formula is C11H24NO3PS. The predicted octanol–water partition coefficient (Wildman–Crippen LogP) is 3.13. The lowest BCUT2D eigenvalue weighted by Gasteiger charge is -2.10. The van der Waals surface area contributed by atoms with Crippen LogP contribution in [0.3, 0.4) is 0 Å². The zero-order valence-electron chi connectivity index (χ0n) is 10.3. The topological polar surface area (TPSA) is 61.5 Å². The molecule has 1 rings (SSSR count). The highest BCUT2D eigenvalue weighted by atomic mass is 32.7. The average Bonchev–Trinajstić information content (AvgIpc) is 2.68. The van der Waals surface area contributed by atoms with Gasteiger partial charge in [-0.05, 0) is 25.7 Å². The van der Waals surface area contributed by atoms with Crippen LogP contribution >= 0.6 is 19.5 Å². The van der Waals surface area contributed by atoms with E-state index in [9.17, 15) is 4.57 Å². The second-order valence-electron chi connectivity index (χ2n) is 4.54. The lowest BCUT2D eigenvalue weighted by Crippen LogP contribution is -2.19. The van der Waals surface area contributed by atoms with Gasteiger partial charge >= 0.3 is 0 Å². The summed E-state index contributed by atoms with van der Waals surface area (Å²) in [6.07, 6.45) is 9.37. The highest BCUT2D eigenvalue weighted by Crippen LogP contribution is 2.27. The Morgan fingerprint density at radius 1 is 1.24 bits per heavy atom. The van der Waals surface area contributed by atoms with Crippen molar-refractivity contribution in [3.63, 3.8) is 0 Å². The summed E-state index contributed by atoms with van der Waals surface area (Å²) in [5.41, 5.74) is 5.67. The fourth-order valence-electron chi connectivity index (χ4n) is 2.11. The first-order valence-electron chi connectivity index (χ1n) is 6.45. The molecule has 102 valence electrons. The Morgan fingerprint density at radius 3 is 2.59 bits per heavy atom. The number of rotatable bonds is 9. The van der Waals surface area contributed by atoms with Crippen LogP contribution in [0.4, 0.5) is 0 Å². The van der Waals surface area contributed by atoms with E-state index in [1.165, 1.54) is 19.3 Å². The van der Waals surface area contributed by atoms with Crippen LogP contribution in [-0.2, 0) is 13.8 Å². The molecule has 0 saturated carbocycles. The van der Waals surface area contributed by atoms with E-state index < -0.39 is 7.23 Å². The van der Waals surface area contributed by atoms with E-state index >= 15 is 0 Å². The molecule has 0 aromatic heterocycles. The van der Waals surface area contributed by atoms with E-state index in [1.807, 2.05) is 0 Å². The van der Waals surface area contributed by atoms with Crippen LogP contribution in [0.25, 0.3) is 0 Å². The minimum atomic E-state index is -2.03. The zero-order chi connectivity index (χ0) is 12.5. The Labute approximate surface area is 110 Å². The molecule has 4 nitrogen and oxygen atoms in total. The van der Waals surface area contributed by atoms with Crippen molar-refractivity contribution in [1.29, 1.82) is 0 Å². The van der Waals surface area contributed by atoms with Gasteiger partial charge in [0.15, 0.2) is 0 Å².